The predicted molar refractivity (Wildman–Crippen MR) is 80.8 cm³/mol. The van der Waals surface area contributed by atoms with Gasteiger partial charge in [-0.05, 0) is 29.8 Å². The molecule has 0 saturated carbocycles. The topological polar surface area (TPSA) is 31.4 Å². The summed E-state index contributed by atoms with van der Waals surface area (Å²) in [6, 6.07) is 11.5. The summed E-state index contributed by atoms with van der Waals surface area (Å²) in [6.07, 6.45) is 1.78. The van der Waals surface area contributed by atoms with Crippen molar-refractivity contribution in [3.05, 3.63) is 53.9 Å². The van der Waals surface area contributed by atoms with Gasteiger partial charge in [-0.2, -0.15) is 0 Å². The van der Waals surface area contributed by atoms with Gasteiger partial charge in [-0.15, -0.1) is 11.6 Å². The number of nitrogens with zero attached hydrogens (tertiary/aromatic N) is 1. The molecule has 3 nitrogen and oxygen atoms in total. The molecule has 0 radical (unpaired) electrons. The Balaban J connectivity index is 2.30. The number of ether oxygens (including phenoxy) is 2. The highest BCUT2D eigenvalue weighted by Crippen LogP contribution is 2.38. The summed E-state index contributed by atoms with van der Waals surface area (Å²) >= 11 is 6.60. The van der Waals surface area contributed by atoms with Crippen LogP contribution in [0, 0.1) is 0 Å². The van der Waals surface area contributed by atoms with E-state index in [-0.39, 0.29) is 11.3 Å². The Hall–Kier alpha value is -1.74. The first-order chi connectivity index (χ1) is 9.65. The molecule has 4 heteroatoms. The van der Waals surface area contributed by atoms with Gasteiger partial charge in [0, 0.05) is 23.9 Å². The summed E-state index contributed by atoms with van der Waals surface area (Å²) in [5, 5.41) is -0.200. The molecular formula is C16H18ClNO2. The zero-order valence-corrected chi connectivity index (χ0v) is 12.6. The minimum atomic E-state index is -0.200. The van der Waals surface area contributed by atoms with Gasteiger partial charge in [-0.3, -0.25) is 4.98 Å². The van der Waals surface area contributed by atoms with Gasteiger partial charge in [0.2, 0.25) is 0 Å². The maximum Gasteiger partial charge on any atom is 0.122 e. The Morgan fingerprint density at radius 2 is 1.70 bits per heavy atom. The monoisotopic (exact) mass is 291 g/mol. The molecule has 1 heterocycles. The van der Waals surface area contributed by atoms with Crippen molar-refractivity contribution in [2.45, 2.75) is 18.2 Å². The molecule has 0 saturated heterocycles. The molecule has 0 N–H and O–H groups in total. The lowest BCUT2D eigenvalue weighted by Gasteiger charge is -2.19. The Bertz CT molecular complexity index is 537. The number of rotatable bonds is 5. The number of benzene rings is 1. The summed E-state index contributed by atoms with van der Waals surface area (Å²) in [6.45, 7) is 2.06. The highest BCUT2D eigenvalue weighted by molar-refractivity contribution is 6.21. The standard InChI is InChI=1S/C16H18ClNO2/c1-11(15-6-4-5-7-18-15)16(17)12-8-13(19-2)10-14(9-12)20-3/h4-11,16H,1-3H3. The van der Waals surface area contributed by atoms with Gasteiger partial charge in [0.15, 0.2) is 0 Å². The number of aromatic nitrogens is 1. The second kappa shape index (κ2) is 6.62. The van der Waals surface area contributed by atoms with Crippen molar-refractivity contribution in [3.8, 4) is 11.5 Å². The Morgan fingerprint density at radius 3 is 2.20 bits per heavy atom. The first-order valence-electron chi connectivity index (χ1n) is 6.43. The summed E-state index contributed by atoms with van der Waals surface area (Å²) < 4.78 is 10.6. The summed E-state index contributed by atoms with van der Waals surface area (Å²) in [4.78, 5) is 4.36. The van der Waals surface area contributed by atoms with Gasteiger partial charge in [-0.25, -0.2) is 0 Å². The number of hydrogen-bond acceptors (Lipinski definition) is 3. The SMILES string of the molecule is COc1cc(OC)cc(C(Cl)C(C)c2ccccn2)c1. The predicted octanol–water partition coefficient (Wildman–Crippen LogP) is 4.18. The zero-order chi connectivity index (χ0) is 14.5. The molecule has 0 spiro atoms. The molecule has 0 aliphatic carbocycles. The Morgan fingerprint density at radius 1 is 1.05 bits per heavy atom. The molecular weight excluding hydrogens is 274 g/mol. The first-order valence-corrected chi connectivity index (χ1v) is 6.87. The van der Waals surface area contributed by atoms with Crippen molar-refractivity contribution >= 4 is 11.6 Å². The average molecular weight is 292 g/mol. The van der Waals surface area contributed by atoms with Gasteiger partial charge in [-0.1, -0.05) is 13.0 Å². The lowest BCUT2D eigenvalue weighted by atomic mass is 9.96. The molecule has 1 aromatic heterocycles. The Labute approximate surface area is 124 Å². The molecule has 0 amide bonds. The van der Waals surface area contributed by atoms with Crippen molar-refractivity contribution in [1.82, 2.24) is 4.98 Å². The van der Waals surface area contributed by atoms with Gasteiger partial charge in [0.1, 0.15) is 11.5 Å². The van der Waals surface area contributed by atoms with Crippen molar-refractivity contribution in [1.29, 1.82) is 0 Å². The molecule has 2 rings (SSSR count). The molecule has 0 fully saturated rings. The van der Waals surface area contributed by atoms with Gasteiger partial charge in [0.05, 0.1) is 19.6 Å². The highest BCUT2D eigenvalue weighted by atomic mass is 35.5. The van der Waals surface area contributed by atoms with Crippen LogP contribution < -0.4 is 9.47 Å². The van der Waals surface area contributed by atoms with Crippen LogP contribution in [-0.4, -0.2) is 19.2 Å². The number of hydrogen-bond donors (Lipinski definition) is 0. The van der Waals surface area contributed by atoms with Crippen LogP contribution in [0.15, 0.2) is 42.6 Å². The van der Waals surface area contributed by atoms with Gasteiger partial charge >= 0.3 is 0 Å². The summed E-state index contributed by atoms with van der Waals surface area (Å²) in [5.41, 5.74) is 1.93. The fraction of sp³-hybridized carbons (Fsp3) is 0.312. The van der Waals surface area contributed by atoms with Crippen LogP contribution in [0.1, 0.15) is 29.5 Å². The minimum absolute atomic E-state index is 0.0923. The quantitative estimate of drug-likeness (QED) is 0.774. The number of alkyl halides is 1. The van der Waals surface area contributed by atoms with Crippen LogP contribution in [0.3, 0.4) is 0 Å². The number of pyridine rings is 1. The largest absolute Gasteiger partial charge is 0.497 e. The molecule has 1 aromatic carbocycles. The van der Waals surface area contributed by atoms with Crippen molar-refractivity contribution in [3.63, 3.8) is 0 Å². The first kappa shape index (κ1) is 14.7. The van der Waals surface area contributed by atoms with Crippen LogP contribution >= 0.6 is 11.6 Å². The fourth-order valence-electron chi connectivity index (χ4n) is 2.07. The number of halogens is 1. The van der Waals surface area contributed by atoms with Crippen LogP contribution in [0.4, 0.5) is 0 Å². The van der Waals surface area contributed by atoms with Crippen molar-refractivity contribution in [2.24, 2.45) is 0 Å². The zero-order valence-electron chi connectivity index (χ0n) is 11.8. The van der Waals surface area contributed by atoms with Gasteiger partial charge < -0.3 is 9.47 Å². The summed E-state index contributed by atoms with van der Waals surface area (Å²) in [7, 11) is 3.26. The van der Waals surface area contributed by atoms with Crippen LogP contribution in [0.25, 0.3) is 0 Å². The van der Waals surface area contributed by atoms with E-state index < -0.39 is 0 Å². The molecule has 2 aromatic rings. The van der Waals surface area contributed by atoms with Crippen molar-refractivity contribution < 1.29 is 9.47 Å². The van der Waals surface area contributed by atoms with E-state index in [0.29, 0.717) is 0 Å². The van der Waals surface area contributed by atoms with Crippen molar-refractivity contribution in [2.75, 3.05) is 14.2 Å². The van der Waals surface area contributed by atoms with Crippen LogP contribution in [-0.2, 0) is 0 Å². The normalized spacial score (nSPS) is 13.6. The van der Waals surface area contributed by atoms with Gasteiger partial charge in [0.25, 0.3) is 0 Å². The molecule has 2 unspecified atom stereocenters. The lowest BCUT2D eigenvalue weighted by Crippen LogP contribution is -2.05. The smallest absolute Gasteiger partial charge is 0.122 e. The molecule has 20 heavy (non-hydrogen) atoms. The molecule has 2 atom stereocenters. The molecule has 0 aliphatic rings. The van der Waals surface area contributed by atoms with E-state index in [9.17, 15) is 0 Å². The second-order valence-electron chi connectivity index (χ2n) is 4.59. The van der Waals surface area contributed by atoms with E-state index in [0.717, 1.165) is 22.8 Å². The second-order valence-corrected chi connectivity index (χ2v) is 5.06. The summed E-state index contributed by atoms with van der Waals surface area (Å²) in [5.74, 6) is 1.56. The van der Waals surface area contributed by atoms with E-state index in [2.05, 4.69) is 11.9 Å². The lowest BCUT2D eigenvalue weighted by molar-refractivity contribution is 0.393. The van der Waals surface area contributed by atoms with E-state index in [1.165, 1.54) is 0 Å². The van der Waals surface area contributed by atoms with Crippen LogP contribution in [0.2, 0.25) is 0 Å². The van der Waals surface area contributed by atoms with E-state index >= 15 is 0 Å². The third-order valence-corrected chi connectivity index (χ3v) is 3.92. The maximum atomic E-state index is 6.60. The third-order valence-electron chi connectivity index (χ3n) is 3.29. The average Bonchev–Trinajstić information content (AvgIpc) is 2.53. The van der Waals surface area contributed by atoms with E-state index in [4.69, 9.17) is 21.1 Å². The molecule has 106 valence electrons. The third kappa shape index (κ3) is 3.23. The molecule has 0 bridgehead atoms. The minimum Gasteiger partial charge on any atom is -0.497 e. The fourth-order valence-corrected chi connectivity index (χ4v) is 2.33. The van der Waals surface area contributed by atoms with E-state index in [1.54, 1.807) is 20.4 Å². The Kier molecular flexibility index (Phi) is 4.85. The van der Waals surface area contributed by atoms with Crippen LogP contribution in [0.5, 0.6) is 11.5 Å². The number of methoxy groups -OCH3 is 2. The molecule has 0 aliphatic heterocycles. The highest BCUT2D eigenvalue weighted by Gasteiger charge is 2.20. The van der Waals surface area contributed by atoms with E-state index in [1.807, 2.05) is 36.4 Å². The maximum absolute atomic E-state index is 6.60.